The van der Waals surface area contributed by atoms with E-state index in [-0.39, 0.29) is 5.13 Å². The minimum Gasteiger partial charge on any atom is -0.503 e. The van der Waals surface area contributed by atoms with Gasteiger partial charge >= 0.3 is 0 Å². The van der Waals surface area contributed by atoms with Gasteiger partial charge in [0.15, 0.2) is 17.4 Å². The first-order valence-corrected chi connectivity index (χ1v) is 6.80. The maximum atomic E-state index is 13.6. The van der Waals surface area contributed by atoms with Crippen LogP contribution in [0.5, 0.6) is 5.75 Å². The van der Waals surface area contributed by atoms with Gasteiger partial charge in [0, 0.05) is 5.92 Å². The van der Waals surface area contributed by atoms with E-state index in [9.17, 15) is 18.0 Å². The Morgan fingerprint density at radius 2 is 2.00 bits per heavy atom. The molecule has 5 nitrogen and oxygen atoms in total. The molecule has 0 unspecified atom stereocenters. The number of phenolic OH excluding ortho intramolecular Hbond substituents is 1. The molecule has 1 aliphatic rings. The molecule has 1 saturated carbocycles. The highest BCUT2D eigenvalue weighted by Gasteiger charge is 2.28. The lowest BCUT2D eigenvalue weighted by Crippen LogP contribution is -2.14. The second-order valence-corrected chi connectivity index (χ2v) is 5.57. The molecule has 9 heteroatoms. The lowest BCUT2D eigenvalue weighted by molar-refractivity contribution is 0.102. The Bertz CT molecular complexity index is 731. The zero-order chi connectivity index (χ0) is 15.1. The number of hydrogen-bond acceptors (Lipinski definition) is 5. The molecule has 0 radical (unpaired) electrons. The molecule has 0 saturated heterocycles. The summed E-state index contributed by atoms with van der Waals surface area (Å²) in [7, 11) is 0. The van der Waals surface area contributed by atoms with E-state index < -0.39 is 34.7 Å². The lowest BCUT2D eigenvalue weighted by atomic mass is 10.1. The second-order valence-electron chi connectivity index (χ2n) is 4.56. The monoisotopic (exact) mass is 315 g/mol. The van der Waals surface area contributed by atoms with Crippen LogP contribution in [0.2, 0.25) is 0 Å². The molecule has 0 atom stereocenters. The smallest absolute Gasteiger partial charge is 0.260 e. The minimum absolute atomic E-state index is 0.130. The highest BCUT2D eigenvalue weighted by Crippen LogP contribution is 2.42. The Hall–Kier alpha value is -2.16. The lowest BCUT2D eigenvalue weighted by Gasteiger charge is -2.05. The van der Waals surface area contributed by atoms with Gasteiger partial charge < -0.3 is 5.11 Å². The molecule has 21 heavy (non-hydrogen) atoms. The van der Waals surface area contributed by atoms with Gasteiger partial charge in [-0.1, -0.05) is 11.3 Å². The fourth-order valence-corrected chi connectivity index (χ4v) is 2.61. The zero-order valence-electron chi connectivity index (χ0n) is 10.4. The van der Waals surface area contributed by atoms with Crippen LogP contribution in [-0.4, -0.2) is 21.2 Å². The number of halogens is 3. The number of aromatic hydroxyl groups is 1. The molecule has 110 valence electrons. The van der Waals surface area contributed by atoms with E-state index in [2.05, 4.69) is 15.5 Å². The molecule has 1 aromatic heterocycles. The molecular weight excluding hydrogens is 307 g/mol. The maximum Gasteiger partial charge on any atom is 0.260 e. The van der Waals surface area contributed by atoms with Crippen molar-refractivity contribution in [3.05, 3.63) is 34.1 Å². The SMILES string of the molecule is O=C(Nc1nnc(C2CC2)s1)c1cc(F)c(F)c(O)c1F. The Labute approximate surface area is 120 Å². The van der Waals surface area contributed by atoms with Crippen LogP contribution in [0.15, 0.2) is 6.07 Å². The van der Waals surface area contributed by atoms with Crippen molar-refractivity contribution >= 4 is 22.4 Å². The zero-order valence-corrected chi connectivity index (χ0v) is 11.2. The summed E-state index contributed by atoms with van der Waals surface area (Å²) >= 11 is 1.14. The van der Waals surface area contributed by atoms with Gasteiger partial charge in [-0.25, -0.2) is 8.78 Å². The van der Waals surface area contributed by atoms with E-state index in [1.165, 1.54) is 0 Å². The number of aromatic nitrogens is 2. The van der Waals surface area contributed by atoms with Crippen LogP contribution in [0.1, 0.15) is 34.1 Å². The van der Waals surface area contributed by atoms with Gasteiger partial charge in [-0.05, 0) is 18.9 Å². The molecular formula is C12H8F3N3O2S. The fourth-order valence-electron chi connectivity index (χ4n) is 1.70. The number of carbonyl (C=O) groups excluding carboxylic acids is 1. The average molecular weight is 315 g/mol. The third-order valence-electron chi connectivity index (χ3n) is 2.97. The van der Waals surface area contributed by atoms with E-state index in [0.29, 0.717) is 12.0 Å². The topological polar surface area (TPSA) is 75.1 Å². The Morgan fingerprint density at radius 1 is 1.29 bits per heavy atom. The molecule has 1 aliphatic carbocycles. The molecule has 1 heterocycles. The predicted octanol–water partition coefficient (Wildman–Crippen LogP) is 2.79. The summed E-state index contributed by atoms with van der Waals surface area (Å²) in [4.78, 5) is 11.8. The number of nitrogens with zero attached hydrogens (tertiary/aromatic N) is 2. The number of phenols is 1. The van der Waals surface area contributed by atoms with Crippen molar-refractivity contribution in [1.29, 1.82) is 0 Å². The van der Waals surface area contributed by atoms with Crippen LogP contribution in [0, 0.1) is 17.5 Å². The molecule has 2 N–H and O–H groups in total. The highest BCUT2D eigenvalue weighted by molar-refractivity contribution is 7.15. The molecule has 1 aromatic carbocycles. The van der Waals surface area contributed by atoms with E-state index in [4.69, 9.17) is 5.11 Å². The average Bonchev–Trinajstić information content (AvgIpc) is 3.21. The van der Waals surface area contributed by atoms with Crippen molar-refractivity contribution < 1.29 is 23.1 Å². The van der Waals surface area contributed by atoms with Crippen LogP contribution in [0.4, 0.5) is 18.3 Å². The highest BCUT2D eigenvalue weighted by atomic mass is 32.1. The number of carbonyl (C=O) groups is 1. The fraction of sp³-hybridized carbons (Fsp3) is 0.250. The molecule has 0 bridgehead atoms. The van der Waals surface area contributed by atoms with Gasteiger partial charge in [-0.3, -0.25) is 10.1 Å². The summed E-state index contributed by atoms with van der Waals surface area (Å²) in [5.74, 6) is -7.02. The second kappa shape index (κ2) is 4.99. The van der Waals surface area contributed by atoms with Crippen molar-refractivity contribution in [3.63, 3.8) is 0 Å². The summed E-state index contributed by atoms with van der Waals surface area (Å²) in [6.07, 6.45) is 2.02. The van der Waals surface area contributed by atoms with Crippen LogP contribution in [0.3, 0.4) is 0 Å². The standard InChI is InChI=1S/C12H8F3N3O2S/c13-6-3-5(7(14)9(19)8(6)15)10(20)16-12-18-17-11(21-12)4-1-2-4/h3-4,19H,1-2H2,(H,16,18,20). The molecule has 3 rings (SSSR count). The minimum atomic E-state index is -1.74. The van der Waals surface area contributed by atoms with Crippen LogP contribution < -0.4 is 5.32 Å². The Balaban J connectivity index is 1.84. The van der Waals surface area contributed by atoms with Crippen molar-refractivity contribution in [2.75, 3.05) is 5.32 Å². The van der Waals surface area contributed by atoms with E-state index in [1.54, 1.807) is 0 Å². The number of nitrogens with one attached hydrogen (secondary N) is 1. The normalized spacial score (nSPS) is 14.2. The van der Waals surface area contributed by atoms with Gasteiger partial charge in [0.2, 0.25) is 10.9 Å². The summed E-state index contributed by atoms with van der Waals surface area (Å²) < 4.78 is 39.7. The Morgan fingerprint density at radius 3 is 2.67 bits per heavy atom. The van der Waals surface area contributed by atoms with Crippen molar-refractivity contribution in [2.45, 2.75) is 18.8 Å². The Kier molecular flexibility index (Phi) is 3.28. The number of benzene rings is 1. The molecule has 0 aliphatic heterocycles. The van der Waals surface area contributed by atoms with Gasteiger partial charge in [0.1, 0.15) is 5.01 Å². The number of hydrogen-bond donors (Lipinski definition) is 2. The largest absolute Gasteiger partial charge is 0.503 e. The van der Waals surface area contributed by atoms with Gasteiger partial charge in [0.25, 0.3) is 5.91 Å². The molecule has 0 spiro atoms. The number of rotatable bonds is 3. The summed E-state index contributed by atoms with van der Waals surface area (Å²) in [6, 6.07) is 0.378. The summed E-state index contributed by atoms with van der Waals surface area (Å²) in [6.45, 7) is 0. The third kappa shape index (κ3) is 2.56. The molecule has 1 fully saturated rings. The molecule has 1 amide bonds. The van der Waals surface area contributed by atoms with Crippen molar-refractivity contribution in [3.8, 4) is 5.75 Å². The first kappa shape index (κ1) is 13.8. The van der Waals surface area contributed by atoms with Crippen molar-refractivity contribution in [2.24, 2.45) is 0 Å². The number of amides is 1. The predicted molar refractivity (Wildman–Crippen MR) is 67.8 cm³/mol. The van der Waals surface area contributed by atoms with Gasteiger partial charge in [0.05, 0.1) is 5.56 Å². The van der Waals surface area contributed by atoms with E-state index in [0.717, 1.165) is 29.2 Å². The third-order valence-corrected chi connectivity index (χ3v) is 3.97. The maximum absolute atomic E-state index is 13.6. The molecule has 2 aromatic rings. The summed E-state index contributed by atoms with van der Waals surface area (Å²) in [5.41, 5.74) is -0.811. The quantitative estimate of drug-likeness (QED) is 0.854. The van der Waals surface area contributed by atoms with Crippen LogP contribution in [0.25, 0.3) is 0 Å². The van der Waals surface area contributed by atoms with E-state index in [1.807, 2.05) is 0 Å². The van der Waals surface area contributed by atoms with Gasteiger partial charge in [-0.2, -0.15) is 4.39 Å². The first-order chi connectivity index (χ1) is 9.97. The number of anilines is 1. The van der Waals surface area contributed by atoms with Crippen molar-refractivity contribution in [1.82, 2.24) is 10.2 Å². The van der Waals surface area contributed by atoms with E-state index >= 15 is 0 Å². The first-order valence-electron chi connectivity index (χ1n) is 5.98. The van der Waals surface area contributed by atoms with Crippen LogP contribution in [-0.2, 0) is 0 Å². The summed E-state index contributed by atoms with van der Waals surface area (Å²) in [5, 5.41) is 19.8. The van der Waals surface area contributed by atoms with Crippen LogP contribution >= 0.6 is 11.3 Å². The van der Waals surface area contributed by atoms with Gasteiger partial charge in [-0.15, -0.1) is 10.2 Å².